The fourth-order valence-electron chi connectivity index (χ4n) is 2.29. The number of nitrogens with zero attached hydrogens (tertiary/aromatic N) is 1. The third-order valence-electron chi connectivity index (χ3n) is 3.54. The van der Waals surface area contributed by atoms with Gasteiger partial charge in [0.25, 0.3) is 5.91 Å². The predicted molar refractivity (Wildman–Crippen MR) is 97.9 cm³/mol. The number of anilines is 1. The highest BCUT2D eigenvalue weighted by Gasteiger charge is 2.15. The third-order valence-corrected chi connectivity index (χ3v) is 4.36. The number of amides is 1. The summed E-state index contributed by atoms with van der Waals surface area (Å²) in [5.41, 5.74) is 2.12. The number of halogens is 2. The topological polar surface area (TPSA) is 66.0 Å². The summed E-state index contributed by atoms with van der Waals surface area (Å²) in [5, 5.41) is 12.2. The standard InChI is InChI=1S/C19H12Cl2N2O2/c20-15-3-1-2-14(18(15)21)16-8-9-17(25-16)19(24)23-13-6-4-12(5-7-13)10-11-22/h1-9H,10H2,(H,23,24). The normalized spacial score (nSPS) is 10.3. The first-order valence-electron chi connectivity index (χ1n) is 7.40. The average molecular weight is 371 g/mol. The Bertz CT molecular complexity index is 956. The van der Waals surface area contributed by atoms with Crippen LogP contribution in [0.3, 0.4) is 0 Å². The van der Waals surface area contributed by atoms with Crippen molar-refractivity contribution in [2.24, 2.45) is 0 Å². The minimum Gasteiger partial charge on any atom is -0.451 e. The van der Waals surface area contributed by atoms with Crippen LogP contribution in [0.1, 0.15) is 16.1 Å². The van der Waals surface area contributed by atoms with Crippen LogP contribution in [-0.2, 0) is 6.42 Å². The van der Waals surface area contributed by atoms with Crippen molar-refractivity contribution in [2.75, 3.05) is 5.32 Å². The second kappa shape index (κ2) is 7.43. The van der Waals surface area contributed by atoms with E-state index < -0.39 is 0 Å². The summed E-state index contributed by atoms with van der Waals surface area (Å²) in [4.78, 5) is 12.3. The lowest BCUT2D eigenvalue weighted by Crippen LogP contribution is -2.10. The summed E-state index contributed by atoms with van der Waals surface area (Å²) in [6.45, 7) is 0. The smallest absolute Gasteiger partial charge is 0.291 e. The lowest BCUT2D eigenvalue weighted by atomic mass is 10.1. The Hall–Kier alpha value is -2.74. The van der Waals surface area contributed by atoms with E-state index in [2.05, 4.69) is 11.4 Å². The molecule has 1 N–H and O–H groups in total. The quantitative estimate of drug-likeness (QED) is 0.652. The second-order valence-electron chi connectivity index (χ2n) is 5.25. The Labute approximate surface area is 154 Å². The van der Waals surface area contributed by atoms with E-state index in [1.165, 1.54) is 0 Å². The van der Waals surface area contributed by atoms with Gasteiger partial charge in [-0.15, -0.1) is 0 Å². The molecule has 3 aromatic rings. The van der Waals surface area contributed by atoms with E-state index in [1.54, 1.807) is 54.6 Å². The Morgan fingerprint density at radius 2 is 1.84 bits per heavy atom. The molecule has 0 atom stereocenters. The zero-order valence-electron chi connectivity index (χ0n) is 12.9. The van der Waals surface area contributed by atoms with Crippen LogP contribution in [0.4, 0.5) is 5.69 Å². The molecule has 1 amide bonds. The number of carbonyl (C=O) groups excluding carboxylic acids is 1. The van der Waals surface area contributed by atoms with Gasteiger partial charge in [-0.05, 0) is 42.0 Å². The van der Waals surface area contributed by atoms with Crippen LogP contribution in [0.5, 0.6) is 0 Å². The number of furan rings is 1. The molecule has 6 heteroatoms. The summed E-state index contributed by atoms with van der Waals surface area (Å²) in [6.07, 6.45) is 0.330. The number of nitrogens with one attached hydrogen (secondary N) is 1. The average Bonchev–Trinajstić information content (AvgIpc) is 3.09. The zero-order chi connectivity index (χ0) is 17.8. The Balaban J connectivity index is 1.77. The van der Waals surface area contributed by atoms with Crippen LogP contribution >= 0.6 is 23.2 Å². The Kier molecular flexibility index (Phi) is 5.08. The van der Waals surface area contributed by atoms with Gasteiger partial charge < -0.3 is 9.73 Å². The molecule has 0 saturated heterocycles. The minimum atomic E-state index is -0.377. The summed E-state index contributed by atoms with van der Waals surface area (Å²) < 4.78 is 5.60. The SMILES string of the molecule is N#CCc1ccc(NC(=O)c2ccc(-c3cccc(Cl)c3Cl)o2)cc1. The molecular weight excluding hydrogens is 359 g/mol. The first kappa shape index (κ1) is 17.1. The van der Waals surface area contributed by atoms with Gasteiger partial charge in [-0.25, -0.2) is 0 Å². The molecule has 2 aromatic carbocycles. The van der Waals surface area contributed by atoms with E-state index in [9.17, 15) is 4.79 Å². The number of hydrogen-bond donors (Lipinski definition) is 1. The van der Waals surface area contributed by atoms with E-state index in [0.717, 1.165) is 5.56 Å². The molecule has 0 fully saturated rings. The van der Waals surface area contributed by atoms with Gasteiger partial charge in [-0.1, -0.05) is 41.4 Å². The number of nitriles is 1. The molecule has 0 aliphatic heterocycles. The molecule has 0 unspecified atom stereocenters. The van der Waals surface area contributed by atoms with Crippen molar-refractivity contribution in [2.45, 2.75) is 6.42 Å². The van der Waals surface area contributed by atoms with E-state index in [-0.39, 0.29) is 11.7 Å². The summed E-state index contributed by atoms with van der Waals surface area (Å²) >= 11 is 12.2. The second-order valence-corrected chi connectivity index (χ2v) is 6.04. The fraction of sp³-hybridized carbons (Fsp3) is 0.0526. The Morgan fingerprint density at radius 1 is 1.08 bits per heavy atom. The molecule has 25 heavy (non-hydrogen) atoms. The van der Waals surface area contributed by atoms with Gasteiger partial charge in [-0.2, -0.15) is 5.26 Å². The van der Waals surface area contributed by atoms with E-state index >= 15 is 0 Å². The molecular formula is C19H12Cl2N2O2. The van der Waals surface area contributed by atoms with E-state index in [1.807, 2.05) is 0 Å². The van der Waals surface area contributed by atoms with E-state index in [4.69, 9.17) is 32.9 Å². The number of benzene rings is 2. The van der Waals surface area contributed by atoms with Crippen molar-refractivity contribution in [3.63, 3.8) is 0 Å². The van der Waals surface area contributed by atoms with Crippen LogP contribution < -0.4 is 5.32 Å². The molecule has 0 aliphatic carbocycles. The molecule has 0 aliphatic rings. The molecule has 1 heterocycles. The highest BCUT2D eigenvalue weighted by molar-refractivity contribution is 6.43. The van der Waals surface area contributed by atoms with Gasteiger partial charge in [0.05, 0.1) is 22.5 Å². The van der Waals surface area contributed by atoms with Crippen molar-refractivity contribution in [3.05, 3.63) is 76.0 Å². The van der Waals surface area contributed by atoms with Crippen LogP contribution in [0.15, 0.2) is 59.0 Å². The van der Waals surface area contributed by atoms with Crippen molar-refractivity contribution in [1.29, 1.82) is 5.26 Å². The lowest BCUT2D eigenvalue weighted by molar-refractivity contribution is 0.0997. The fourth-order valence-corrected chi connectivity index (χ4v) is 2.68. The molecule has 0 spiro atoms. The van der Waals surface area contributed by atoms with Crippen LogP contribution in [0.2, 0.25) is 10.0 Å². The highest BCUT2D eigenvalue weighted by atomic mass is 35.5. The number of hydrogen-bond acceptors (Lipinski definition) is 3. The van der Waals surface area contributed by atoms with Gasteiger partial charge in [-0.3, -0.25) is 4.79 Å². The number of rotatable bonds is 4. The zero-order valence-corrected chi connectivity index (χ0v) is 14.4. The Morgan fingerprint density at radius 3 is 2.56 bits per heavy atom. The molecule has 1 aromatic heterocycles. The predicted octanol–water partition coefficient (Wildman–Crippen LogP) is 5.57. The van der Waals surface area contributed by atoms with Gasteiger partial charge in [0.1, 0.15) is 5.76 Å². The molecule has 0 radical (unpaired) electrons. The maximum Gasteiger partial charge on any atom is 0.291 e. The molecule has 3 rings (SSSR count). The van der Waals surface area contributed by atoms with Crippen LogP contribution in [0.25, 0.3) is 11.3 Å². The third kappa shape index (κ3) is 3.85. The van der Waals surface area contributed by atoms with Gasteiger partial charge in [0.2, 0.25) is 0 Å². The van der Waals surface area contributed by atoms with Crippen LogP contribution in [0, 0.1) is 11.3 Å². The first-order valence-corrected chi connectivity index (χ1v) is 8.15. The lowest BCUT2D eigenvalue weighted by Gasteiger charge is -2.04. The van der Waals surface area contributed by atoms with Gasteiger partial charge >= 0.3 is 0 Å². The molecule has 0 saturated carbocycles. The largest absolute Gasteiger partial charge is 0.451 e. The van der Waals surface area contributed by atoms with E-state index in [0.29, 0.717) is 33.5 Å². The van der Waals surface area contributed by atoms with Gasteiger partial charge in [0, 0.05) is 11.3 Å². The van der Waals surface area contributed by atoms with Crippen molar-refractivity contribution >= 4 is 34.8 Å². The number of carbonyl (C=O) groups is 1. The molecule has 124 valence electrons. The summed E-state index contributed by atoms with van der Waals surface area (Å²) in [7, 11) is 0. The molecule has 0 bridgehead atoms. The van der Waals surface area contributed by atoms with Gasteiger partial charge in [0.15, 0.2) is 5.76 Å². The van der Waals surface area contributed by atoms with Crippen molar-refractivity contribution < 1.29 is 9.21 Å². The van der Waals surface area contributed by atoms with Crippen molar-refractivity contribution in [3.8, 4) is 17.4 Å². The maximum absolute atomic E-state index is 12.3. The van der Waals surface area contributed by atoms with Crippen LogP contribution in [-0.4, -0.2) is 5.91 Å². The molecule has 4 nitrogen and oxygen atoms in total. The summed E-state index contributed by atoms with van der Waals surface area (Å²) in [5.74, 6) is 0.242. The maximum atomic E-state index is 12.3. The highest BCUT2D eigenvalue weighted by Crippen LogP contribution is 2.34. The monoisotopic (exact) mass is 370 g/mol. The first-order chi connectivity index (χ1) is 12.1. The summed E-state index contributed by atoms with van der Waals surface area (Å²) in [6, 6.07) is 17.6. The van der Waals surface area contributed by atoms with Crippen molar-refractivity contribution in [1.82, 2.24) is 0 Å². The minimum absolute atomic E-state index is 0.159.